The zero-order chi connectivity index (χ0) is 40.8. The van der Waals surface area contributed by atoms with Gasteiger partial charge in [0.2, 0.25) is 6.41 Å². The molecule has 3 aliphatic carbocycles. The molecule has 55 heavy (non-hydrogen) atoms. The van der Waals surface area contributed by atoms with Gasteiger partial charge in [0.25, 0.3) is 0 Å². The number of rotatable bonds is 19. The van der Waals surface area contributed by atoms with Gasteiger partial charge in [0.05, 0.1) is 45.0 Å². The van der Waals surface area contributed by atoms with Crippen molar-refractivity contribution >= 4 is 0 Å². The Labute approximate surface area is 318 Å². The molecule has 0 amide bonds. The van der Waals surface area contributed by atoms with E-state index in [-0.39, 0.29) is 42.5 Å². The average Bonchev–Trinajstić information content (AvgIpc) is 3.41. The van der Waals surface area contributed by atoms with Gasteiger partial charge < -0.3 is 23.7 Å². The number of hydrogen-bond acceptors (Lipinski definition) is 7. The number of benzene rings is 1. The number of halogens is 9. The highest BCUT2D eigenvalue weighted by molar-refractivity contribution is 5.40. The van der Waals surface area contributed by atoms with Gasteiger partial charge in [-0.3, -0.25) is 4.90 Å². The van der Waals surface area contributed by atoms with E-state index >= 15 is 0 Å². The fourth-order valence-corrected chi connectivity index (χ4v) is 9.20. The normalized spacial score (nSPS) is 25.2. The van der Waals surface area contributed by atoms with Crippen LogP contribution in [0.5, 0.6) is 5.75 Å². The van der Waals surface area contributed by atoms with Crippen LogP contribution in [0.3, 0.4) is 0 Å². The number of alkyl halides is 9. The summed E-state index contributed by atoms with van der Waals surface area (Å²) in [5.41, 5.74) is -3.99. The lowest BCUT2D eigenvalue weighted by Gasteiger charge is -2.50. The number of hydrogen-bond donors (Lipinski definition) is 0. The standard InChI is InChI=1S/C39H55F9N2O5/c1-25(2)50(26(3)4)34(54-21-8-18-49)53-20-7-6-19-51-28-11-13-29-27(24-28)10-12-31-30(29)16-17-35(5)32(31)14-15-33(35)52-22-9-23-55-36(37(40,41)42,38(43,44)45)39(46,47)48/h11,13,24-26,30-34H,6-10,12,14-17,19-23H2,1-5H3/t30-,31?,32+,33+,34?,35+/m1/s1. The van der Waals surface area contributed by atoms with Crippen molar-refractivity contribution in [2.45, 2.75) is 153 Å². The van der Waals surface area contributed by atoms with E-state index in [2.05, 4.69) is 62.5 Å². The molecule has 2 fully saturated rings. The minimum absolute atomic E-state index is 0.198. The monoisotopic (exact) mass is 802 g/mol. The molecule has 0 bridgehead atoms. The van der Waals surface area contributed by atoms with Crippen molar-refractivity contribution in [1.82, 2.24) is 4.90 Å². The van der Waals surface area contributed by atoms with E-state index in [1.54, 1.807) is 0 Å². The third-order valence-corrected chi connectivity index (χ3v) is 11.7. The van der Waals surface area contributed by atoms with Crippen LogP contribution in [0, 0.1) is 28.6 Å². The van der Waals surface area contributed by atoms with Crippen LogP contribution in [0.25, 0.3) is 0 Å². The SMILES string of the molecule is CC(C)N(C(C)C)C(OCCC#N)OCCCCOc1ccc2c(c1)CCC1[C@@H]2CC[C@]2(C)[C@@H](OCCCOC(C(F)(F)F)(C(F)(F)F)C(F)(F)F)CC[C@@H]12. The molecule has 6 atom stereocenters. The molecule has 0 radical (unpaired) electrons. The Morgan fingerprint density at radius 3 is 2.05 bits per heavy atom. The average molecular weight is 803 g/mol. The number of nitrogens with zero attached hydrogens (tertiary/aromatic N) is 2. The summed E-state index contributed by atoms with van der Waals surface area (Å²) in [7, 11) is 0. The maximum Gasteiger partial charge on any atom is 0.435 e. The molecule has 4 rings (SSSR count). The second-order valence-corrected chi connectivity index (χ2v) is 15.8. The molecule has 0 heterocycles. The lowest BCUT2D eigenvalue weighted by Crippen LogP contribution is -2.67. The fourth-order valence-electron chi connectivity index (χ4n) is 9.20. The molecule has 16 heteroatoms. The predicted octanol–water partition coefficient (Wildman–Crippen LogP) is 10.3. The van der Waals surface area contributed by atoms with Gasteiger partial charge in [-0.25, -0.2) is 0 Å². The first-order chi connectivity index (χ1) is 25.7. The van der Waals surface area contributed by atoms with E-state index in [0.29, 0.717) is 38.1 Å². The van der Waals surface area contributed by atoms with E-state index in [0.717, 1.165) is 50.7 Å². The Morgan fingerprint density at radius 1 is 0.800 bits per heavy atom. The number of fused-ring (bicyclic) bond motifs is 5. The molecule has 0 aromatic heterocycles. The number of ether oxygens (including phenoxy) is 5. The summed E-state index contributed by atoms with van der Waals surface area (Å²) in [6.45, 7) is 9.96. The molecular formula is C39H55F9N2O5. The molecule has 1 aromatic rings. The maximum atomic E-state index is 13.2. The van der Waals surface area contributed by atoms with Gasteiger partial charge in [-0.05, 0) is 132 Å². The largest absolute Gasteiger partial charge is 0.494 e. The van der Waals surface area contributed by atoms with E-state index in [4.69, 9.17) is 24.2 Å². The Morgan fingerprint density at radius 2 is 1.44 bits per heavy atom. The topological polar surface area (TPSA) is 73.2 Å². The molecule has 2 saturated carbocycles. The minimum Gasteiger partial charge on any atom is -0.494 e. The predicted molar refractivity (Wildman–Crippen MR) is 185 cm³/mol. The second kappa shape index (κ2) is 18.5. The third-order valence-electron chi connectivity index (χ3n) is 11.7. The lowest BCUT2D eigenvalue weighted by molar-refractivity contribution is -0.457. The van der Waals surface area contributed by atoms with Gasteiger partial charge >= 0.3 is 24.1 Å². The lowest BCUT2D eigenvalue weighted by atomic mass is 9.55. The Hall–Kier alpha value is -2.32. The number of nitriles is 1. The van der Waals surface area contributed by atoms with E-state index in [1.807, 2.05) is 6.07 Å². The van der Waals surface area contributed by atoms with Gasteiger partial charge in [0.15, 0.2) is 0 Å². The van der Waals surface area contributed by atoms with Gasteiger partial charge in [-0.1, -0.05) is 13.0 Å². The molecule has 0 saturated heterocycles. The summed E-state index contributed by atoms with van der Waals surface area (Å²) in [5, 5.41) is 8.90. The van der Waals surface area contributed by atoms with Crippen LogP contribution in [0.15, 0.2) is 18.2 Å². The molecule has 0 aliphatic heterocycles. The summed E-state index contributed by atoms with van der Waals surface area (Å²) < 4.78 is 146. The van der Waals surface area contributed by atoms with Crippen LogP contribution >= 0.6 is 0 Å². The van der Waals surface area contributed by atoms with E-state index < -0.39 is 43.6 Å². The first-order valence-electron chi connectivity index (χ1n) is 19.3. The van der Waals surface area contributed by atoms with E-state index in [9.17, 15) is 39.5 Å². The summed E-state index contributed by atoms with van der Waals surface area (Å²) in [4.78, 5) is 2.13. The highest BCUT2D eigenvalue weighted by Crippen LogP contribution is 2.62. The molecule has 7 nitrogen and oxygen atoms in total. The Bertz CT molecular complexity index is 1370. The zero-order valence-electron chi connectivity index (χ0n) is 32.2. The van der Waals surface area contributed by atoms with Crippen molar-refractivity contribution in [1.29, 1.82) is 5.26 Å². The van der Waals surface area contributed by atoms with Gasteiger partial charge in [-0.2, -0.15) is 44.8 Å². The fraction of sp³-hybridized carbons (Fsp3) is 0.821. The Kier molecular flexibility index (Phi) is 15.3. The summed E-state index contributed by atoms with van der Waals surface area (Å²) in [6.07, 6.45) is -14.8. The van der Waals surface area contributed by atoms with Crippen LogP contribution in [0.2, 0.25) is 0 Å². The van der Waals surface area contributed by atoms with Crippen molar-refractivity contribution in [2.75, 3.05) is 33.0 Å². The molecule has 2 unspecified atom stereocenters. The van der Waals surface area contributed by atoms with Crippen molar-refractivity contribution in [3.8, 4) is 11.8 Å². The molecule has 3 aliphatic rings. The molecule has 1 aromatic carbocycles. The van der Waals surface area contributed by atoms with Crippen LogP contribution in [-0.2, 0) is 25.4 Å². The highest BCUT2D eigenvalue weighted by Gasteiger charge is 2.85. The van der Waals surface area contributed by atoms with E-state index in [1.165, 1.54) is 11.1 Å². The van der Waals surface area contributed by atoms with Crippen molar-refractivity contribution in [3.05, 3.63) is 29.3 Å². The smallest absolute Gasteiger partial charge is 0.435 e. The highest BCUT2D eigenvalue weighted by atomic mass is 19.4. The molecule has 0 spiro atoms. The van der Waals surface area contributed by atoms with Gasteiger partial charge in [0, 0.05) is 18.7 Å². The quantitative estimate of drug-likeness (QED) is 0.0784. The first kappa shape index (κ1) is 45.4. The minimum atomic E-state index is -6.75. The van der Waals surface area contributed by atoms with Crippen molar-refractivity contribution in [3.63, 3.8) is 0 Å². The maximum absolute atomic E-state index is 13.2. The summed E-state index contributed by atoms with van der Waals surface area (Å²) in [5.74, 6) is 1.80. The van der Waals surface area contributed by atoms with Crippen LogP contribution in [0.1, 0.15) is 109 Å². The van der Waals surface area contributed by atoms with Gasteiger partial charge in [0.1, 0.15) is 5.75 Å². The van der Waals surface area contributed by atoms with Gasteiger partial charge in [-0.15, -0.1) is 0 Å². The Balaban J connectivity index is 1.25. The molecular weight excluding hydrogens is 747 g/mol. The molecule has 314 valence electrons. The van der Waals surface area contributed by atoms with Crippen molar-refractivity contribution in [2.24, 2.45) is 17.3 Å². The number of aryl methyl sites for hydroxylation is 1. The number of unbranched alkanes of at least 4 members (excludes halogenated alkanes) is 1. The van der Waals surface area contributed by atoms with Crippen molar-refractivity contribution < 1.29 is 63.2 Å². The van der Waals surface area contributed by atoms with Crippen LogP contribution in [-0.4, -0.2) is 86.7 Å². The second-order valence-electron chi connectivity index (χ2n) is 15.8. The third kappa shape index (κ3) is 10.0. The summed E-state index contributed by atoms with van der Waals surface area (Å²) in [6, 6.07) is 8.76. The molecule has 0 N–H and O–H groups in total. The first-order valence-corrected chi connectivity index (χ1v) is 19.3. The summed E-state index contributed by atoms with van der Waals surface area (Å²) >= 11 is 0. The van der Waals surface area contributed by atoms with Crippen LogP contribution in [0.4, 0.5) is 39.5 Å². The zero-order valence-corrected chi connectivity index (χ0v) is 32.2. The van der Waals surface area contributed by atoms with Crippen LogP contribution < -0.4 is 4.74 Å².